The minimum Gasteiger partial charge on any atom is -0.336 e. The number of tetrazole rings is 1. The van der Waals surface area contributed by atoms with E-state index in [1.54, 1.807) is 4.68 Å². The Morgan fingerprint density at radius 1 is 1.07 bits per heavy atom. The molecule has 0 radical (unpaired) electrons. The van der Waals surface area contributed by atoms with Crippen molar-refractivity contribution in [1.29, 1.82) is 0 Å². The van der Waals surface area contributed by atoms with Crippen molar-refractivity contribution >= 4 is 17.7 Å². The van der Waals surface area contributed by atoms with E-state index in [2.05, 4.69) is 44.8 Å². The third-order valence-corrected chi connectivity index (χ3v) is 5.17. The van der Waals surface area contributed by atoms with Crippen LogP contribution in [-0.2, 0) is 6.42 Å². The number of aryl methyl sites for hydroxylation is 2. The lowest BCUT2D eigenvalue weighted by molar-refractivity contribution is 0.208. The van der Waals surface area contributed by atoms with E-state index in [1.807, 2.05) is 48.2 Å². The van der Waals surface area contributed by atoms with E-state index in [9.17, 15) is 4.79 Å². The molecule has 1 N–H and O–H groups in total. The molecule has 0 saturated carbocycles. The molecule has 1 saturated heterocycles. The van der Waals surface area contributed by atoms with Crippen LogP contribution in [0.5, 0.6) is 0 Å². The normalized spacial score (nSPS) is 14.1. The molecule has 0 unspecified atom stereocenters. The van der Waals surface area contributed by atoms with Gasteiger partial charge in [0.2, 0.25) is 5.95 Å². The number of amides is 2. The van der Waals surface area contributed by atoms with Crippen LogP contribution in [0.15, 0.2) is 48.5 Å². The topological polar surface area (TPSA) is 79.2 Å². The van der Waals surface area contributed by atoms with Crippen LogP contribution in [-0.4, -0.2) is 57.3 Å². The van der Waals surface area contributed by atoms with E-state index in [-0.39, 0.29) is 6.03 Å². The highest BCUT2D eigenvalue weighted by Crippen LogP contribution is 2.19. The summed E-state index contributed by atoms with van der Waals surface area (Å²) >= 11 is 0. The summed E-state index contributed by atoms with van der Waals surface area (Å²) in [6.07, 6.45) is 0.958. The van der Waals surface area contributed by atoms with Gasteiger partial charge in [0, 0.05) is 31.9 Å². The minimum absolute atomic E-state index is 0.0799. The van der Waals surface area contributed by atoms with E-state index >= 15 is 0 Å². The Labute approximate surface area is 170 Å². The maximum absolute atomic E-state index is 12.6. The second kappa shape index (κ2) is 8.30. The maximum Gasteiger partial charge on any atom is 0.321 e. The lowest BCUT2D eigenvalue weighted by Gasteiger charge is -2.34. The van der Waals surface area contributed by atoms with Gasteiger partial charge in [-0.05, 0) is 53.6 Å². The predicted molar refractivity (Wildman–Crippen MR) is 113 cm³/mol. The largest absolute Gasteiger partial charge is 0.336 e. The van der Waals surface area contributed by atoms with Crippen LogP contribution >= 0.6 is 0 Å². The van der Waals surface area contributed by atoms with Crippen molar-refractivity contribution in [1.82, 2.24) is 25.1 Å². The monoisotopic (exact) mass is 391 g/mol. The Kier molecular flexibility index (Phi) is 5.41. The van der Waals surface area contributed by atoms with Crippen molar-refractivity contribution in [3.63, 3.8) is 0 Å². The maximum atomic E-state index is 12.6. The Morgan fingerprint density at radius 2 is 1.83 bits per heavy atom. The summed E-state index contributed by atoms with van der Waals surface area (Å²) in [7, 11) is 0. The molecule has 29 heavy (non-hydrogen) atoms. The fourth-order valence-corrected chi connectivity index (χ4v) is 3.40. The molecular weight excluding hydrogens is 366 g/mol. The molecule has 0 bridgehead atoms. The molecule has 3 aromatic rings. The number of anilines is 2. The number of benzene rings is 2. The van der Waals surface area contributed by atoms with Crippen molar-refractivity contribution < 1.29 is 4.79 Å². The van der Waals surface area contributed by atoms with Gasteiger partial charge in [0.05, 0.1) is 5.69 Å². The lowest BCUT2D eigenvalue weighted by atomic mass is 10.1. The van der Waals surface area contributed by atoms with Crippen LogP contribution in [0, 0.1) is 6.92 Å². The zero-order valence-electron chi connectivity index (χ0n) is 16.7. The van der Waals surface area contributed by atoms with E-state index in [4.69, 9.17) is 0 Å². The summed E-state index contributed by atoms with van der Waals surface area (Å²) < 4.78 is 1.77. The zero-order valence-corrected chi connectivity index (χ0v) is 16.7. The molecule has 1 aromatic heterocycles. The molecule has 2 aromatic carbocycles. The van der Waals surface area contributed by atoms with Gasteiger partial charge in [0.1, 0.15) is 0 Å². The van der Waals surface area contributed by atoms with Crippen molar-refractivity contribution in [3.05, 3.63) is 59.7 Å². The molecule has 0 spiro atoms. The molecule has 4 rings (SSSR count). The number of carbonyl (C=O) groups is 1. The third-order valence-electron chi connectivity index (χ3n) is 5.17. The summed E-state index contributed by atoms with van der Waals surface area (Å²) in [5, 5.41) is 15.2. The van der Waals surface area contributed by atoms with Crippen molar-refractivity contribution in [2.24, 2.45) is 0 Å². The van der Waals surface area contributed by atoms with Gasteiger partial charge in [-0.3, -0.25) is 0 Å². The number of carbonyl (C=O) groups excluding carboxylic acids is 1. The molecule has 2 amide bonds. The summed E-state index contributed by atoms with van der Waals surface area (Å²) in [5.41, 5.74) is 4.16. The number of piperazine rings is 1. The summed E-state index contributed by atoms with van der Waals surface area (Å²) in [5.74, 6) is 0.705. The number of hydrogen-bond acceptors (Lipinski definition) is 5. The Hall–Kier alpha value is -3.42. The highest BCUT2D eigenvalue weighted by molar-refractivity contribution is 5.89. The van der Waals surface area contributed by atoms with E-state index < -0.39 is 0 Å². The number of nitrogens with zero attached hydrogens (tertiary/aromatic N) is 6. The molecule has 150 valence electrons. The van der Waals surface area contributed by atoms with Crippen LogP contribution in [0.4, 0.5) is 16.4 Å². The number of rotatable bonds is 4. The SMILES string of the molecule is CCc1cccc(-n2nnnc2N2CCN(C(=O)Nc3ccc(C)cc3)CC2)c1. The average molecular weight is 391 g/mol. The number of urea groups is 1. The highest BCUT2D eigenvalue weighted by atomic mass is 16.2. The Balaban J connectivity index is 1.41. The second-order valence-electron chi connectivity index (χ2n) is 7.18. The van der Waals surface area contributed by atoms with E-state index in [0.717, 1.165) is 17.8 Å². The lowest BCUT2D eigenvalue weighted by Crippen LogP contribution is -2.50. The van der Waals surface area contributed by atoms with E-state index in [0.29, 0.717) is 32.1 Å². The van der Waals surface area contributed by atoms with Gasteiger partial charge in [-0.15, -0.1) is 0 Å². The van der Waals surface area contributed by atoms with Crippen LogP contribution in [0.25, 0.3) is 5.69 Å². The number of hydrogen-bond donors (Lipinski definition) is 1. The Morgan fingerprint density at radius 3 is 2.55 bits per heavy atom. The summed E-state index contributed by atoms with van der Waals surface area (Å²) in [6.45, 7) is 6.72. The van der Waals surface area contributed by atoms with E-state index in [1.165, 1.54) is 11.1 Å². The van der Waals surface area contributed by atoms with Crippen LogP contribution in [0.1, 0.15) is 18.1 Å². The fourth-order valence-electron chi connectivity index (χ4n) is 3.40. The van der Waals surface area contributed by atoms with Crippen LogP contribution < -0.4 is 10.2 Å². The number of nitrogens with one attached hydrogen (secondary N) is 1. The molecule has 2 heterocycles. The second-order valence-corrected chi connectivity index (χ2v) is 7.18. The minimum atomic E-state index is -0.0799. The van der Waals surface area contributed by atoms with Gasteiger partial charge in [-0.25, -0.2) is 4.79 Å². The molecule has 8 heteroatoms. The molecule has 0 atom stereocenters. The molecule has 0 aliphatic carbocycles. The summed E-state index contributed by atoms with van der Waals surface area (Å²) in [6, 6.07) is 16.0. The third kappa shape index (κ3) is 4.21. The van der Waals surface area contributed by atoms with Crippen molar-refractivity contribution in [2.45, 2.75) is 20.3 Å². The quantitative estimate of drug-likeness (QED) is 0.740. The standard InChI is InChI=1S/C21H25N7O/c1-3-17-5-4-6-19(15-17)28-20(23-24-25-28)26-11-13-27(14-12-26)21(29)22-18-9-7-16(2)8-10-18/h4-10,15H,3,11-14H2,1-2H3,(H,22,29). The van der Waals surface area contributed by atoms with Crippen LogP contribution in [0.3, 0.4) is 0 Å². The molecule has 1 aliphatic rings. The van der Waals surface area contributed by atoms with Gasteiger partial charge in [-0.1, -0.05) is 41.9 Å². The first-order chi connectivity index (χ1) is 14.1. The summed E-state index contributed by atoms with van der Waals surface area (Å²) in [4.78, 5) is 16.5. The van der Waals surface area contributed by atoms with Gasteiger partial charge in [0.15, 0.2) is 0 Å². The first-order valence-electron chi connectivity index (χ1n) is 9.89. The molecule has 1 aliphatic heterocycles. The van der Waals surface area contributed by atoms with Crippen molar-refractivity contribution in [3.8, 4) is 5.69 Å². The van der Waals surface area contributed by atoms with Gasteiger partial charge >= 0.3 is 6.03 Å². The molecular formula is C21H25N7O. The fraction of sp³-hybridized carbons (Fsp3) is 0.333. The Bertz CT molecular complexity index is 975. The van der Waals surface area contributed by atoms with Gasteiger partial charge in [-0.2, -0.15) is 4.68 Å². The van der Waals surface area contributed by atoms with Gasteiger partial charge < -0.3 is 15.1 Å². The number of aromatic nitrogens is 4. The van der Waals surface area contributed by atoms with Gasteiger partial charge in [0.25, 0.3) is 0 Å². The predicted octanol–water partition coefficient (Wildman–Crippen LogP) is 2.89. The smallest absolute Gasteiger partial charge is 0.321 e. The first-order valence-corrected chi connectivity index (χ1v) is 9.89. The zero-order chi connectivity index (χ0) is 20.2. The molecule has 8 nitrogen and oxygen atoms in total. The first kappa shape index (κ1) is 18.9. The average Bonchev–Trinajstić information content (AvgIpc) is 3.25. The highest BCUT2D eigenvalue weighted by Gasteiger charge is 2.25. The molecule has 1 fully saturated rings. The van der Waals surface area contributed by atoms with Crippen molar-refractivity contribution in [2.75, 3.05) is 36.4 Å². The van der Waals surface area contributed by atoms with Crippen LogP contribution in [0.2, 0.25) is 0 Å².